The molecule has 0 aromatic rings. The van der Waals surface area contributed by atoms with Crippen molar-refractivity contribution in [3.63, 3.8) is 0 Å². The zero-order valence-electron chi connectivity index (χ0n) is 10.2. The lowest BCUT2D eigenvalue weighted by molar-refractivity contribution is -0.149. The minimum atomic E-state index is -1.58. The number of hydrogen-bond donors (Lipinski definition) is 5. The maximum atomic E-state index is 10.2. The van der Waals surface area contributed by atoms with Crippen LogP contribution in [0.3, 0.4) is 0 Å². The summed E-state index contributed by atoms with van der Waals surface area (Å²) in [6, 6.07) is -0.742. The van der Waals surface area contributed by atoms with Crippen molar-refractivity contribution < 1.29 is 34.5 Å². The summed E-state index contributed by atoms with van der Waals surface area (Å²) in [5, 5.41) is 24.2. The monoisotopic (exact) mass is 278 g/mol. The van der Waals surface area contributed by atoms with Crippen LogP contribution in [0.4, 0.5) is 0 Å². The summed E-state index contributed by atoms with van der Waals surface area (Å²) in [6.07, 6.45) is 0.273. The molecular weight excluding hydrogens is 260 g/mol. The van der Waals surface area contributed by atoms with E-state index in [1.54, 1.807) is 0 Å². The van der Waals surface area contributed by atoms with Crippen LogP contribution in [-0.4, -0.2) is 51.6 Å². The molecule has 0 aliphatic carbocycles. The third-order valence-corrected chi connectivity index (χ3v) is 1.84. The molecule has 1 unspecified atom stereocenters. The quantitative estimate of drug-likeness (QED) is 0.335. The second-order valence-electron chi connectivity index (χ2n) is 3.50. The summed E-state index contributed by atoms with van der Waals surface area (Å²) in [7, 11) is 0. The number of carboxylic acids is 3. The van der Waals surface area contributed by atoms with Crippen LogP contribution in [0.25, 0.3) is 0 Å². The summed E-state index contributed by atoms with van der Waals surface area (Å²) in [5.41, 5.74) is 10.3. The smallest absolute Gasteiger partial charge is 0.372 e. The average Bonchev–Trinajstić information content (AvgIpc) is 2.33. The number of ketones is 1. The number of carboxylic acid groups (broad SMARTS) is 3. The molecule has 0 amide bonds. The fourth-order valence-electron chi connectivity index (χ4n) is 0.789. The Morgan fingerprint density at radius 2 is 1.53 bits per heavy atom. The predicted molar refractivity (Wildman–Crippen MR) is 63.4 cm³/mol. The molecule has 9 heteroatoms. The Labute approximate surface area is 109 Å². The summed E-state index contributed by atoms with van der Waals surface area (Å²) in [6.45, 7) is 0.501. The van der Waals surface area contributed by atoms with Gasteiger partial charge < -0.3 is 26.8 Å². The summed E-state index contributed by atoms with van der Waals surface area (Å²) < 4.78 is 0. The molecular formula is C10H18N2O7. The highest BCUT2D eigenvalue weighted by Gasteiger charge is 2.12. The van der Waals surface area contributed by atoms with Gasteiger partial charge in [0.05, 0.1) is 6.42 Å². The van der Waals surface area contributed by atoms with E-state index in [0.717, 1.165) is 0 Å². The van der Waals surface area contributed by atoms with Gasteiger partial charge in [0.15, 0.2) is 0 Å². The van der Waals surface area contributed by atoms with Gasteiger partial charge in [0.25, 0.3) is 0 Å². The van der Waals surface area contributed by atoms with E-state index in [4.69, 9.17) is 26.8 Å². The molecule has 1 atom stereocenters. The summed E-state index contributed by atoms with van der Waals surface area (Å²) in [4.78, 5) is 39.8. The molecule has 7 N–H and O–H groups in total. The van der Waals surface area contributed by atoms with Crippen LogP contribution in [0.1, 0.15) is 25.7 Å². The van der Waals surface area contributed by atoms with Crippen molar-refractivity contribution in [1.82, 2.24) is 0 Å². The molecule has 0 rings (SSSR count). The zero-order valence-corrected chi connectivity index (χ0v) is 10.2. The molecule has 0 bridgehead atoms. The van der Waals surface area contributed by atoms with E-state index in [-0.39, 0.29) is 0 Å². The molecule has 0 aromatic carbocycles. The van der Waals surface area contributed by atoms with Gasteiger partial charge in [0.1, 0.15) is 6.04 Å². The topological polar surface area (TPSA) is 181 Å². The largest absolute Gasteiger partial charge is 0.481 e. The molecule has 0 saturated heterocycles. The number of nitrogens with two attached hydrogens (primary N) is 2. The first-order chi connectivity index (χ1) is 8.72. The van der Waals surface area contributed by atoms with Crippen molar-refractivity contribution in [2.24, 2.45) is 11.5 Å². The van der Waals surface area contributed by atoms with E-state index in [2.05, 4.69) is 0 Å². The van der Waals surface area contributed by atoms with Gasteiger partial charge in [-0.15, -0.1) is 0 Å². The number of carbonyl (C=O) groups excluding carboxylic acids is 1. The first-order valence-corrected chi connectivity index (χ1v) is 5.38. The Kier molecular flexibility index (Phi) is 11.3. The highest BCUT2D eigenvalue weighted by Crippen LogP contribution is 1.91. The van der Waals surface area contributed by atoms with E-state index in [1.807, 2.05) is 0 Å². The highest BCUT2D eigenvalue weighted by atomic mass is 16.4. The Bertz CT molecular complexity index is 330. The maximum Gasteiger partial charge on any atom is 0.372 e. The lowest BCUT2D eigenvalue weighted by Gasteiger charge is -2.02. The van der Waals surface area contributed by atoms with Crippen LogP contribution in [0, 0.1) is 0 Å². The standard InChI is InChI=1S/C5H12N2O2.C5H6O5/c6-3-1-2-4(7)5(8)9;6-3(5(9)10)1-2-4(7)8/h4H,1-3,6-7H2,(H,8,9);1-2H2,(H,7,8)(H,9,10). The second kappa shape index (κ2) is 11.1. The van der Waals surface area contributed by atoms with E-state index < -0.39 is 42.6 Å². The van der Waals surface area contributed by atoms with Crippen LogP contribution in [0.15, 0.2) is 0 Å². The molecule has 0 aromatic heterocycles. The Hall–Kier alpha value is -2.00. The van der Waals surface area contributed by atoms with Gasteiger partial charge in [-0.2, -0.15) is 0 Å². The minimum Gasteiger partial charge on any atom is -0.481 e. The van der Waals surface area contributed by atoms with Gasteiger partial charge >= 0.3 is 17.9 Å². The van der Waals surface area contributed by atoms with Gasteiger partial charge in [-0.25, -0.2) is 4.79 Å². The second-order valence-corrected chi connectivity index (χ2v) is 3.50. The number of aliphatic carboxylic acids is 3. The Morgan fingerprint density at radius 1 is 1.00 bits per heavy atom. The van der Waals surface area contributed by atoms with Crippen LogP contribution >= 0.6 is 0 Å². The fourth-order valence-corrected chi connectivity index (χ4v) is 0.789. The number of Topliss-reactive ketones (excluding diaryl/α,β-unsaturated/α-hetero) is 1. The van der Waals surface area contributed by atoms with Crippen molar-refractivity contribution in [3.05, 3.63) is 0 Å². The molecule has 0 aliphatic heterocycles. The minimum absolute atomic E-state index is 0.425. The van der Waals surface area contributed by atoms with E-state index in [0.29, 0.717) is 19.4 Å². The van der Waals surface area contributed by atoms with Crippen LogP contribution in [0.2, 0.25) is 0 Å². The molecule has 0 aliphatic rings. The van der Waals surface area contributed by atoms with E-state index in [1.165, 1.54) is 0 Å². The van der Waals surface area contributed by atoms with Crippen LogP contribution < -0.4 is 11.5 Å². The van der Waals surface area contributed by atoms with Gasteiger partial charge in [-0.1, -0.05) is 0 Å². The van der Waals surface area contributed by atoms with Crippen LogP contribution in [-0.2, 0) is 19.2 Å². The highest BCUT2D eigenvalue weighted by molar-refractivity contribution is 6.32. The first-order valence-electron chi connectivity index (χ1n) is 5.38. The lowest BCUT2D eigenvalue weighted by atomic mass is 10.2. The number of rotatable bonds is 8. The van der Waals surface area contributed by atoms with Gasteiger partial charge in [-0.3, -0.25) is 14.4 Å². The lowest BCUT2D eigenvalue weighted by Crippen LogP contribution is -2.30. The van der Waals surface area contributed by atoms with E-state index in [9.17, 15) is 19.2 Å². The summed E-state index contributed by atoms with van der Waals surface area (Å²) in [5.74, 6) is -4.78. The first kappa shape index (κ1) is 19.3. The summed E-state index contributed by atoms with van der Waals surface area (Å²) >= 11 is 0. The zero-order chi connectivity index (χ0) is 15.4. The molecule has 110 valence electrons. The molecule has 9 nitrogen and oxygen atoms in total. The average molecular weight is 278 g/mol. The van der Waals surface area contributed by atoms with E-state index >= 15 is 0 Å². The van der Waals surface area contributed by atoms with Crippen molar-refractivity contribution >= 4 is 23.7 Å². The van der Waals surface area contributed by atoms with Gasteiger partial charge in [0, 0.05) is 6.42 Å². The molecule has 19 heavy (non-hydrogen) atoms. The SMILES string of the molecule is NCCCC(N)C(=O)O.O=C(O)CCC(=O)C(=O)O. The van der Waals surface area contributed by atoms with Crippen molar-refractivity contribution in [3.8, 4) is 0 Å². The van der Waals surface area contributed by atoms with Gasteiger partial charge in [0.2, 0.25) is 5.78 Å². The van der Waals surface area contributed by atoms with Crippen LogP contribution in [0.5, 0.6) is 0 Å². The Morgan fingerprint density at radius 3 is 1.84 bits per heavy atom. The normalized spacial score (nSPS) is 10.8. The maximum absolute atomic E-state index is 10.2. The van der Waals surface area contributed by atoms with Gasteiger partial charge in [-0.05, 0) is 19.4 Å². The molecule has 0 radical (unpaired) electrons. The Balaban J connectivity index is 0. The van der Waals surface area contributed by atoms with Crippen molar-refractivity contribution in [2.45, 2.75) is 31.7 Å². The van der Waals surface area contributed by atoms with Crippen molar-refractivity contribution in [1.29, 1.82) is 0 Å². The fraction of sp³-hybridized carbons (Fsp3) is 0.600. The number of carbonyl (C=O) groups is 4. The number of hydrogen-bond acceptors (Lipinski definition) is 6. The molecule has 0 fully saturated rings. The molecule has 0 heterocycles. The third kappa shape index (κ3) is 13.9. The van der Waals surface area contributed by atoms with Crippen molar-refractivity contribution in [2.75, 3.05) is 6.54 Å². The predicted octanol–water partition coefficient (Wildman–Crippen LogP) is -1.36. The molecule has 0 saturated carbocycles. The molecule has 0 spiro atoms. The third-order valence-electron chi connectivity index (χ3n) is 1.84.